The lowest BCUT2D eigenvalue weighted by atomic mass is 10.0. The lowest BCUT2D eigenvalue weighted by molar-refractivity contribution is 0.465. The first kappa shape index (κ1) is 9.40. The van der Waals surface area contributed by atoms with Crippen molar-refractivity contribution in [3.05, 3.63) is 5.51 Å². The van der Waals surface area contributed by atoms with Gasteiger partial charge in [-0.05, 0) is 12.3 Å². The molecule has 1 aromatic rings. The van der Waals surface area contributed by atoms with E-state index in [-0.39, 0.29) is 0 Å². The largest absolute Gasteiger partial charge is 0.346 e. The molecule has 1 fully saturated rings. The predicted octanol–water partition coefficient (Wildman–Crippen LogP) is 2.15. The summed E-state index contributed by atoms with van der Waals surface area (Å²) in [5.41, 5.74) is 1.79. The second kappa shape index (κ2) is 3.92. The molecule has 0 spiro atoms. The van der Waals surface area contributed by atoms with Gasteiger partial charge in [0.1, 0.15) is 5.51 Å². The fraction of sp³-hybridized carbons (Fsp3) is 0.750. The van der Waals surface area contributed by atoms with Gasteiger partial charge in [0, 0.05) is 17.9 Å². The summed E-state index contributed by atoms with van der Waals surface area (Å²) in [7, 11) is 0. The summed E-state index contributed by atoms with van der Waals surface area (Å²) in [6.45, 7) is 4.45. The van der Waals surface area contributed by atoms with E-state index >= 15 is 0 Å². The number of hydrogen-bond donors (Lipinski definition) is 0. The minimum atomic E-state index is 0.664. The number of piperidine rings is 1. The first-order chi connectivity index (χ1) is 6.27. The summed E-state index contributed by atoms with van der Waals surface area (Å²) in [5, 5.41) is 9.00. The maximum absolute atomic E-state index is 4.08. The summed E-state index contributed by atoms with van der Waals surface area (Å²) in [6.07, 6.45) is 1.20. The van der Waals surface area contributed by atoms with Crippen LogP contribution in [0.5, 0.6) is 0 Å². The van der Waals surface area contributed by atoms with Gasteiger partial charge < -0.3 is 4.90 Å². The third kappa shape index (κ3) is 2.02. The highest BCUT2D eigenvalue weighted by atomic mass is 79.9. The Balaban J connectivity index is 2.03. The Bertz CT molecular complexity index is 264. The van der Waals surface area contributed by atoms with Crippen molar-refractivity contribution in [1.82, 2.24) is 10.2 Å². The molecule has 0 N–H and O–H groups in total. The van der Waals surface area contributed by atoms with E-state index in [1.165, 1.54) is 6.42 Å². The number of nitrogens with zero attached hydrogens (tertiary/aromatic N) is 3. The maximum Gasteiger partial charge on any atom is 0.208 e. The number of halogens is 1. The first-order valence-electron chi connectivity index (χ1n) is 4.42. The molecule has 0 amide bonds. The predicted molar refractivity (Wildman–Crippen MR) is 58.6 cm³/mol. The molecule has 5 heteroatoms. The van der Waals surface area contributed by atoms with E-state index in [1.807, 2.05) is 0 Å². The van der Waals surface area contributed by atoms with Crippen molar-refractivity contribution in [3.8, 4) is 0 Å². The van der Waals surface area contributed by atoms with Crippen LogP contribution in [0.1, 0.15) is 13.3 Å². The molecule has 0 aromatic carbocycles. The third-order valence-corrected chi connectivity index (χ3v) is 4.53. The molecule has 1 aliphatic heterocycles. The van der Waals surface area contributed by atoms with Gasteiger partial charge >= 0.3 is 0 Å². The van der Waals surface area contributed by atoms with Gasteiger partial charge in [0.15, 0.2) is 0 Å². The van der Waals surface area contributed by atoms with Crippen LogP contribution in [0.2, 0.25) is 0 Å². The number of rotatable bonds is 1. The Kier molecular flexibility index (Phi) is 2.83. The van der Waals surface area contributed by atoms with Crippen molar-refractivity contribution in [1.29, 1.82) is 0 Å². The van der Waals surface area contributed by atoms with E-state index in [9.17, 15) is 0 Å². The topological polar surface area (TPSA) is 29.0 Å². The molecule has 1 saturated heterocycles. The van der Waals surface area contributed by atoms with Gasteiger partial charge in [0.2, 0.25) is 5.13 Å². The SMILES string of the molecule is CC1CN(c2nncs2)CCC1Br. The molecule has 0 bridgehead atoms. The monoisotopic (exact) mass is 261 g/mol. The van der Waals surface area contributed by atoms with Gasteiger partial charge in [-0.25, -0.2) is 0 Å². The van der Waals surface area contributed by atoms with Crippen molar-refractivity contribution < 1.29 is 0 Å². The number of alkyl halides is 1. The van der Waals surface area contributed by atoms with Crippen LogP contribution in [0.4, 0.5) is 5.13 Å². The van der Waals surface area contributed by atoms with Gasteiger partial charge in [0.25, 0.3) is 0 Å². The smallest absolute Gasteiger partial charge is 0.208 e. The van der Waals surface area contributed by atoms with Crippen LogP contribution >= 0.6 is 27.3 Å². The molecule has 1 aromatic heterocycles. The van der Waals surface area contributed by atoms with Crippen LogP contribution in [0.3, 0.4) is 0 Å². The Hall–Kier alpha value is -0.160. The normalized spacial score (nSPS) is 29.2. The molecule has 2 heterocycles. The zero-order valence-electron chi connectivity index (χ0n) is 7.48. The molecule has 0 aliphatic carbocycles. The highest BCUT2D eigenvalue weighted by Crippen LogP contribution is 2.27. The van der Waals surface area contributed by atoms with Crippen LogP contribution in [0.15, 0.2) is 5.51 Å². The number of hydrogen-bond acceptors (Lipinski definition) is 4. The summed E-state index contributed by atoms with van der Waals surface area (Å²) in [4.78, 5) is 2.98. The molecular formula is C8H12BrN3S. The van der Waals surface area contributed by atoms with Gasteiger partial charge in [-0.3, -0.25) is 0 Å². The van der Waals surface area contributed by atoms with Crippen LogP contribution < -0.4 is 4.90 Å². The lowest BCUT2D eigenvalue weighted by Gasteiger charge is -2.33. The van der Waals surface area contributed by atoms with E-state index in [0.717, 1.165) is 18.2 Å². The van der Waals surface area contributed by atoms with Crippen molar-refractivity contribution in [2.45, 2.75) is 18.2 Å². The Morgan fingerprint density at radius 2 is 2.54 bits per heavy atom. The second-order valence-electron chi connectivity index (χ2n) is 3.45. The highest BCUT2D eigenvalue weighted by Gasteiger charge is 2.25. The van der Waals surface area contributed by atoms with Crippen LogP contribution in [-0.4, -0.2) is 28.1 Å². The molecular weight excluding hydrogens is 250 g/mol. The fourth-order valence-corrected chi connectivity index (χ4v) is 2.57. The van der Waals surface area contributed by atoms with Crippen molar-refractivity contribution in [3.63, 3.8) is 0 Å². The molecule has 13 heavy (non-hydrogen) atoms. The summed E-state index contributed by atoms with van der Waals surface area (Å²) >= 11 is 5.31. The zero-order chi connectivity index (χ0) is 9.26. The summed E-state index contributed by atoms with van der Waals surface area (Å²) in [6, 6.07) is 0. The minimum absolute atomic E-state index is 0.664. The standard InChI is InChI=1S/C8H12BrN3S/c1-6-4-12(3-2-7(6)9)8-11-10-5-13-8/h5-7H,2-4H2,1H3. The number of anilines is 1. The van der Waals surface area contributed by atoms with E-state index in [0.29, 0.717) is 10.7 Å². The summed E-state index contributed by atoms with van der Waals surface area (Å²) < 4.78 is 0. The van der Waals surface area contributed by atoms with Crippen LogP contribution in [-0.2, 0) is 0 Å². The van der Waals surface area contributed by atoms with Crippen molar-refractivity contribution >= 4 is 32.4 Å². The fourth-order valence-electron chi connectivity index (χ4n) is 1.60. The molecule has 2 atom stereocenters. The van der Waals surface area contributed by atoms with Gasteiger partial charge in [-0.1, -0.05) is 34.2 Å². The Morgan fingerprint density at radius 1 is 1.69 bits per heavy atom. The van der Waals surface area contributed by atoms with Gasteiger partial charge in [0.05, 0.1) is 0 Å². The van der Waals surface area contributed by atoms with Gasteiger partial charge in [-0.2, -0.15) is 0 Å². The van der Waals surface area contributed by atoms with Crippen LogP contribution in [0, 0.1) is 5.92 Å². The van der Waals surface area contributed by atoms with E-state index in [2.05, 4.69) is 38.0 Å². The average molecular weight is 262 g/mol. The molecule has 0 saturated carbocycles. The Labute approximate surface area is 90.3 Å². The van der Waals surface area contributed by atoms with Crippen molar-refractivity contribution in [2.24, 2.45) is 5.92 Å². The Morgan fingerprint density at radius 3 is 3.15 bits per heavy atom. The average Bonchev–Trinajstić information content (AvgIpc) is 2.62. The third-order valence-electron chi connectivity index (χ3n) is 2.42. The molecule has 0 radical (unpaired) electrons. The molecule has 1 aliphatic rings. The number of aromatic nitrogens is 2. The van der Waals surface area contributed by atoms with E-state index in [1.54, 1.807) is 16.8 Å². The van der Waals surface area contributed by atoms with Crippen LogP contribution in [0.25, 0.3) is 0 Å². The maximum atomic E-state index is 4.08. The van der Waals surface area contributed by atoms with E-state index in [4.69, 9.17) is 0 Å². The molecule has 2 unspecified atom stereocenters. The highest BCUT2D eigenvalue weighted by molar-refractivity contribution is 9.09. The molecule has 72 valence electrons. The summed E-state index contributed by atoms with van der Waals surface area (Å²) in [5.74, 6) is 0.692. The second-order valence-corrected chi connectivity index (χ2v) is 5.44. The first-order valence-corrected chi connectivity index (χ1v) is 6.22. The van der Waals surface area contributed by atoms with Crippen molar-refractivity contribution in [2.75, 3.05) is 18.0 Å². The molecule has 2 rings (SSSR count). The van der Waals surface area contributed by atoms with Gasteiger partial charge in [-0.15, -0.1) is 10.2 Å². The quantitative estimate of drug-likeness (QED) is 0.726. The zero-order valence-corrected chi connectivity index (χ0v) is 9.88. The molecule has 3 nitrogen and oxygen atoms in total. The minimum Gasteiger partial charge on any atom is -0.346 e. The lowest BCUT2D eigenvalue weighted by Crippen LogP contribution is -2.39. The van der Waals surface area contributed by atoms with E-state index < -0.39 is 0 Å².